The van der Waals surface area contributed by atoms with Crippen molar-refractivity contribution >= 4 is 64.1 Å². The number of nitrogen functional groups attached to an aromatic ring is 1. The monoisotopic (exact) mass is 579 g/mol. The first-order chi connectivity index (χ1) is 18.7. The lowest BCUT2D eigenvalue weighted by atomic mass is 10.0. The van der Waals surface area contributed by atoms with Crippen molar-refractivity contribution in [2.75, 3.05) is 44.2 Å². The van der Waals surface area contributed by atoms with Crippen LogP contribution in [0.25, 0.3) is 0 Å². The fourth-order valence-electron chi connectivity index (χ4n) is 4.17. The predicted octanol–water partition coefficient (Wildman–Crippen LogP) is -2.33. The lowest BCUT2D eigenvalue weighted by Gasteiger charge is -2.49. The van der Waals surface area contributed by atoms with E-state index in [-0.39, 0.29) is 46.3 Å². The molecule has 3 amide bonds. The second kappa shape index (κ2) is 11.7. The lowest BCUT2D eigenvalue weighted by molar-refractivity contribution is -0.150. The number of amides is 3. The molecule has 3 aliphatic rings. The van der Waals surface area contributed by atoms with Crippen LogP contribution in [0.3, 0.4) is 0 Å². The fourth-order valence-corrected chi connectivity index (χ4v) is 6.05. The Bertz CT molecular complexity index is 1270. The van der Waals surface area contributed by atoms with Crippen LogP contribution in [0, 0.1) is 4.91 Å². The molecule has 1 aromatic rings. The molecule has 3 atom stereocenters. The average molecular weight is 580 g/mol. The molecule has 2 fully saturated rings. The van der Waals surface area contributed by atoms with Crippen LogP contribution >= 0.6 is 23.1 Å². The number of nitrogens with zero attached hydrogens (tertiary/aromatic N) is 7. The largest absolute Gasteiger partial charge is 0.477 e. The van der Waals surface area contributed by atoms with Gasteiger partial charge in [-0.2, -0.15) is 5.10 Å². The number of thiazole rings is 1. The van der Waals surface area contributed by atoms with Crippen LogP contribution in [0.2, 0.25) is 0 Å². The van der Waals surface area contributed by atoms with Gasteiger partial charge in [-0.05, 0) is 5.18 Å². The minimum atomic E-state index is -1.50. The maximum Gasteiger partial charge on any atom is 0.353 e. The van der Waals surface area contributed by atoms with E-state index in [9.17, 15) is 29.2 Å². The maximum atomic E-state index is 12.9. The Hall–Kier alpha value is -4.10. The van der Waals surface area contributed by atoms with E-state index in [1.54, 1.807) is 9.80 Å². The number of carboxylic acids is 1. The molecular formula is C20H25N11O6S2. The molecule has 17 nitrogen and oxygen atoms in total. The number of piperazine rings is 1. The summed E-state index contributed by atoms with van der Waals surface area (Å²) in [7, 11) is 0. The zero-order valence-corrected chi connectivity index (χ0v) is 21.9. The molecule has 8 N–H and O–H groups in total. The highest BCUT2D eigenvalue weighted by atomic mass is 32.2. The molecule has 0 radical (unpaired) electrons. The van der Waals surface area contributed by atoms with E-state index in [1.165, 1.54) is 23.4 Å². The van der Waals surface area contributed by atoms with Crippen molar-refractivity contribution in [1.29, 1.82) is 0 Å². The van der Waals surface area contributed by atoms with Gasteiger partial charge >= 0.3 is 5.97 Å². The van der Waals surface area contributed by atoms with E-state index in [4.69, 9.17) is 17.2 Å². The summed E-state index contributed by atoms with van der Waals surface area (Å²) in [5.74, 6) is -2.79. The minimum Gasteiger partial charge on any atom is -0.477 e. The Morgan fingerprint density at radius 1 is 1.26 bits per heavy atom. The normalized spacial score (nSPS) is 22.4. The van der Waals surface area contributed by atoms with Crippen LogP contribution in [0.5, 0.6) is 0 Å². The number of anilines is 1. The number of aliphatic carboxylic acids is 1. The summed E-state index contributed by atoms with van der Waals surface area (Å²) in [5.41, 5.74) is 16.9. The number of aromatic nitrogens is 1. The SMILES string of the molecule is NCC(=O)N1CCN(C(N)=NN=CC2=C(C(=O)O)N3C(=O)C(NC(=O)C(N=O)c4csc(N)n4)[C@H]3SC2)CC1. The molecule has 0 bridgehead atoms. The third-order valence-electron chi connectivity index (χ3n) is 6.18. The van der Waals surface area contributed by atoms with Gasteiger partial charge in [-0.1, -0.05) is 0 Å². The van der Waals surface area contributed by atoms with Crippen molar-refractivity contribution in [2.24, 2.45) is 26.8 Å². The summed E-state index contributed by atoms with van der Waals surface area (Å²) in [6.07, 6.45) is 1.21. The highest BCUT2D eigenvalue weighted by Gasteiger charge is 2.54. The number of guanidine groups is 1. The second-order valence-electron chi connectivity index (χ2n) is 8.47. The van der Waals surface area contributed by atoms with Gasteiger partial charge in [-0.25, -0.2) is 9.78 Å². The Balaban J connectivity index is 1.41. The maximum absolute atomic E-state index is 12.9. The smallest absolute Gasteiger partial charge is 0.353 e. The third kappa shape index (κ3) is 5.68. The lowest BCUT2D eigenvalue weighted by Crippen LogP contribution is -2.70. The number of carbonyl (C=O) groups excluding carboxylic acids is 3. The molecule has 208 valence electrons. The number of fused-ring (bicyclic) bond motifs is 1. The number of β-lactam (4-membered cyclic amide) rings is 1. The predicted molar refractivity (Wildman–Crippen MR) is 142 cm³/mol. The van der Waals surface area contributed by atoms with Crippen molar-refractivity contribution in [3.63, 3.8) is 0 Å². The molecule has 0 aliphatic carbocycles. The van der Waals surface area contributed by atoms with Crippen molar-refractivity contribution in [1.82, 2.24) is 25.0 Å². The molecule has 1 aromatic heterocycles. The van der Waals surface area contributed by atoms with E-state index in [0.717, 1.165) is 16.2 Å². The van der Waals surface area contributed by atoms with E-state index < -0.39 is 35.2 Å². The van der Waals surface area contributed by atoms with Crippen LogP contribution in [-0.2, 0) is 19.2 Å². The van der Waals surface area contributed by atoms with Crippen LogP contribution in [0.4, 0.5) is 5.13 Å². The van der Waals surface area contributed by atoms with Gasteiger partial charge in [-0.15, -0.1) is 33.1 Å². The van der Waals surface area contributed by atoms with Gasteiger partial charge in [0.15, 0.2) is 5.13 Å². The summed E-state index contributed by atoms with van der Waals surface area (Å²) < 4.78 is 0. The van der Waals surface area contributed by atoms with Gasteiger partial charge in [0, 0.05) is 42.9 Å². The fraction of sp³-hybridized carbons (Fsp3) is 0.450. The molecule has 39 heavy (non-hydrogen) atoms. The highest BCUT2D eigenvalue weighted by molar-refractivity contribution is 8.00. The van der Waals surface area contributed by atoms with E-state index in [2.05, 4.69) is 25.7 Å². The highest BCUT2D eigenvalue weighted by Crippen LogP contribution is 2.40. The standard InChI is InChI=1S/C20H25N11O6S2/c21-5-11(32)29-1-3-30(4-2-29)19(22)27-24-6-9-7-38-17-13(16(34)31(17)14(9)18(35)36)26-15(33)12(28-37)10-8-39-20(23)25-10/h6,8,12-13,17H,1-5,7,21H2,(H2,22,27)(H2,23,25)(H,26,33)(H,35,36)/t12?,13?,17-/m1/s1. The molecule has 2 unspecified atom stereocenters. The summed E-state index contributed by atoms with van der Waals surface area (Å²) in [6, 6.07) is -2.56. The number of hydrogen-bond donors (Lipinski definition) is 5. The van der Waals surface area contributed by atoms with Crippen LogP contribution in [0.1, 0.15) is 11.7 Å². The van der Waals surface area contributed by atoms with Gasteiger partial charge in [0.2, 0.25) is 17.9 Å². The van der Waals surface area contributed by atoms with E-state index in [1.807, 2.05) is 0 Å². The number of nitroso groups, excluding NO2 is 1. The molecule has 3 aliphatic heterocycles. The molecule has 0 aromatic carbocycles. The summed E-state index contributed by atoms with van der Waals surface area (Å²) in [5, 5.41) is 23.8. The Labute approximate surface area is 229 Å². The Kier molecular flexibility index (Phi) is 8.41. The zero-order chi connectivity index (χ0) is 28.3. The number of carbonyl (C=O) groups is 4. The Morgan fingerprint density at radius 2 is 1.95 bits per heavy atom. The molecule has 19 heteroatoms. The molecule has 4 heterocycles. The van der Waals surface area contributed by atoms with Crippen molar-refractivity contribution in [3.05, 3.63) is 27.3 Å². The van der Waals surface area contributed by atoms with Gasteiger partial charge in [-0.3, -0.25) is 19.3 Å². The van der Waals surface area contributed by atoms with E-state index in [0.29, 0.717) is 26.2 Å². The topological polar surface area (TPSA) is 255 Å². The number of rotatable bonds is 8. The number of carboxylic acid groups (broad SMARTS) is 1. The van der Waals surface area contributed by atoms with Crippen LogP contribution in [0.15, 0.2) is 32.0 Å². The van der Waals surface area contributed by atoms with Crippen LogP contribution < -0.4 is 22.5 Å². The number of nitrogens with two attached hydrogens (primary N) is 3. The van der Waals surface area contributed by atoms with Gasteiger partial charge in [0.1, 0.15) is 17.1 Å². The quantitative estimate of drug-likeness (QED) is 0.0715. The molecular weight excluding hydrogens is 554 g/mol. The molecule has 0 spiro atoms. The van der Waals surface area contributed by atoms with Crippen LogP contribution in [-0.4, -0.2) is 111 Å². The number of hydrogen-bond acceptors (Lipinski definition) is 13. The Morgan fingerprint density at radius 3 is 2.54 bits per heavy atom. The zero-order valence-electron chi connectivity index (χ0n) is 20.3. The van der Waals surface area contributed by atoms with Gasteiger partial charge in [0.05, 0.1) is 18.5 Å². The van der Waals surface area contributed by atoms with Crippen molar-refractivity contribution in [2.45, 2.75) is 17.5 Å². The number of nitrogens with one attached hydrogen (secondary N) is 1. The van der Waals surface area contributed by atoms with E-state index >= 15 is 0 Å². The summed E-state index contributed by atoms with van der Waals surface area (Å²) >= 11 is 2.24. The molecule has 4 rings (SSSR count). The minimum absolute atomic E-state index is 0.0558. The van der Waals surface area contributed by atoms with Crippen molar-refractivity contribution < 1.29 is 24.3 Å². The molecule has 0 saturated carbocycles. The molecule has 2 saturated heterocycles. The van der Waals surface area contributed by atoms with Gasteiger partial charge in [0.25, 0.3) is 11.8 Å². The average Bonchev–Trinajstić information content (AvgIpc) is 3.36. The third-order valence-corrected chi connectivity index (χ3v) is 8.17. The summed E-state index contributed by atoms with van der Waals surface area (Å²) in [6.45, 7) is 1.65. The summed E-state index contributed by atoms with van der Waals surface area (Å²) in [4.78, 5) is 68.8. The van der Waals surface area contributed by atoms with Crippen molar-refractivity contribution in [3.8, 4) is 0 Å². The first-order valence-electron chi connectivity index (χ1n) is 11.5. The first-order valence-corrected chi connectivity index (χ1v) is 13.4. The van der Waals surface area contributed by atoms with Gasteiger partial charge < -0.3 is 37.4 Å². The first kappa shape index (κ1) is 27.9. The second-order valence-corrected chi connectivity index (χ2v) is 10.5. The number of thioether (sulfide) groups is 1.